The molecular weight excluding hydrogens is 312 g/mol. The van der Waals surface area contributed by atoms with Crippen LogP contribution in [0, 0.1) is 0 Å². The third-order valence-electron chi connectivity index (χ3n) is 2.84. The molecule has 0 aliphatic rings. The first-order chi connectivity index (χ1) is 8.93. The predicted octanol–water partition coefficient (Wildman–Crippen LogP) is 2.88. The summed E-state index contributed by atoms with van der Waals surface area (Å²) in [6.45, 7) is 6.12. The van der Waals surface area contributed by atoms with E-state index >= 15 is 0 Å². The van der Waals surface area contributed by atoms with Crippen molar-refractivity contribution < 1.29 is 19.7 Å². The number of benzene rings is 1. The number of ether oxygens (including phenoxy) is 2. The van der Waals surface area contributed by atoms with Gasteiger partial charge in [0.15, 0.2) is 11.5 Å². The Hall–Kier alpha value is -0.780. The Morgan fingerprint density at radius 3 is 2.47 bits per heavy atom. The van der Waals surface area contributed by atoms with Crippen LogP contribution in [0.4, 0.5) is 0 Å². The fourth-order valence-electron chi connectivity index (χ4n) is 1.45. The van der Waals surface area contributed by atoms with E-state index in [2.05, 4.69) is 15.9 Å². The molecule has 0 saturated heterocycles. The van der Waals surface area contributed by atoms with E-state index in [0.717, 1.165) is 5.56 Å². The van der Waals surface area contributed by atoms with Gasteiger partial charge in [0.25, 0.3) is 0 Å². The summed E-state index contributed by atoms with van der Waals surface area (Å²) in [5.41, 5.74) is -0.136. The molecule has 2 N–H and O–H groups in total. The van der Waals surface area contributed by atoms with Crippen LogP contribution in [0.25, 0.3) is 0 Å². The fraction of sp³-hybridized carbons (Fsp3) is 0.571. The van der Waals surface area contributed by atoms with E-state index in [0.29, 0.717) is 29.0 Å². The van der Waals surface area contributed by atoms with Crippen LogP contribution in [-0.4, -0.2) is 29.0 Å². The number of halogens is 1. The van der Waals surface area contributed by atoms with E-state index in [9.17, 15) is 10.2 Å². The van der Waals surface area contributed by atoms with Gasteiger partial charge in [-0.25, -0.2) is 0 Å². The molecular formula is C14H21BrO4. The molecule has 0 aliphatic carbocycles. The highest BCUT2D eigenvalue weighted by molar-refractivity contribution is 9.10. The lowest BCUT2D eigenvalue weighted by molar-refractivity contribution is 0.00735. The van der Waals surface area contributed by atoms with Gasteiger partial charge in [0.05, 0.1) is 23.3 Å². The summed E-state index contributed by atoms with van der Waals surface area (Å²) in [6, 6.07) is 3.52. The zero-order chi connectivity index (χ0) is 14.5. The second kappa shape index (κ2) is 7.12. The largest absolute Gasteiger partial charge is 0.490 e. The first-order valence-corrected chi connectivity index (χ1v) is 7.14. The molecule has 1 unspecified atom stereocenters. The van der Waals surface area contributed by atoms with Gasteiger partial charge >= 0.3 is 0 Å². The van der Waals surface area contributed by atoms with Gasteiger partial charge in [0.2, 0.25) is 0 Å². The highest BCUT2D eigenvalue weighted by atomic mass is 79.9. The average Bonchev–Trinajstić information content (AvgIpc) is 2.37. The van der Waals surface area contributed by atoms with Crippen molar-refractivity contribution in [3.8, 4) is 11.5 Å². The summed E-state index contributed by atoms with van der Waals surface area (Å²) in [5, 5.41) is 19.2. The Bertz CT molecular complexity index is 418. The Kier molecular flexibility index (Phi) is 6.10. The zero-order valence-corrected chi connectivity index (χ0v) is 13.2. The van der Waals surface area contributed by atoms with E-state index in [1.807, 2.05) is 13.8 Å². The van der Waals surface area contributed by atoms with Crippen molar-refractivity contribution in [1.82, 2.24) is 0 Å². The Balaban J connectivity index is 2.97. The van der Waals surface area contributed by atoms with Crippen LogP contribution >= 0.6 is 15.9 Å². The van der Waals surface area contributed by atoms with Crippen molar-refractivity contribution in [2.24, 2.45) is 0 Å². The second-order valence-corrected chi connectivity index (χ2v) is 5.49. The van der Waals surface area contributed by atoms with Gasteiger partial charge in [-0.15, -0.1) is 0 Å². The quantitative estimate of drug-likeness (QED) is 0.806. The SMILES string of the molecule is CCOc1cc(CO)cc(Br)c1OCC(C)(O)CC. The predicted molar refractivity (Wildman–Crippen MR) is 77.6 cm³/mol. The van der Waals surface area contributed by atoms with Crippen molar-refractivity contribution in [3.63, 3.8) is 0 Å². The highest BCUT2D eigenvalue weighted by Crippen LogP contribution is 2.37. The number of aliphatic hydroxyl groups excluding tert-OH is 1. The van der Waals surface area contributed by atoms with Crippen molar-refractivity contribution in [1.29, 1.82) is 0 Å². The minimum absolute atomic E-state index is 0.0639. The molecule has 0 aliphatic heterocycles. The number of rotatable bonds is 7. The zero-order valence-electron chi connectivity index (χ0n) is 11.6. The molecule has 0 heterocycles. The van der Waals surface area contributed by atoms with Crippen LogP contribution in [-0.2, 0) is 6.61 Å². The lowest BCUT2D eigenvalue weighted by Crippen LogP contribution is -2.31. The normalized spacial score (nSPS) is 14.0. The van der Waals surface area contributed by atoms with E-state index in [1.165, 1.54) is 0 Å². The van der Waals surface area contributed by atoms with E-state index < -0.39 is 5.60 Å². The molecule has 4 nitrogen and oxygen atoms in total. The molecule has 1 aromatic carbocycles. The van der Waals surface area contributed by atoms with Gasteiger partial charge in [-0.3, -0.25) is 0 Å². The van der Waals surface area contributed by atoms with Crippen LogP contribution in [0.1, 0.15) is 32.8 Å². The van der Waals surface area contributed by atoms with Gasteiger partial charge in [0, 0.05) is 0 Å². The third-order valence-corrected chi connectivity index (χ3v) is 3.43. The van der Waals surface area contributed by atoms with Crippen molar-refractivity contribution in [3.05, 3.63) is 22.2 Å². The van der Waals surface area contributed by atoms with Gasteiger partial charge < -0.3 is 19.7 Å². The van der Waals surface area contributed by atoms with Gasteiger partial charge in [0.1, 0.15) is 6.61 Å². The summed E-state index contributed by atoms with van der Waals surface area (Å²) >= 11 is 3.40. The van der Waals surface area contributed by atoms with Crippen LogP contribution in [0.15, 0.2) is 16.6 Å². The second-order valence-electron chi connectivity index (χ2n) is 4.64. The monoisotopic (exact) mass is 332 g/mol. The molecule has 0 aromatic heterocycles. The van der Waals surface area contributed by atoms with E-state index in [-0.39, 0.29) is 13.2 Å². The number of aliphatic hydroxyl groups is 2. The maximum atomic E-state index is 9.98. The average molecular weight is 333 g/mol. The lowest BCUT2D eigenvalue weighted by atomic mass is 10.1. The molecule has 1 rings (SSSR count). The molecule has 19 heavy (non-hydrogen) atoms. The molecule has 0 amide bonds. The molecule has 0 bridgehead atoms. The highest BCUT2D eigenvalue weighted by Gasteiger charge is 2.21. The molecule has 0 fully saturated rings. The van der Waals surface area contributed by atoms with Crippen molar-refractivity contribution in [2.45, 2.75) is 39.4 Å². The summed E-state index contributed by atoms with van der Waals surface area (Å²) in [4.78, 5) is 0. The minimum atomic E-state index is -0.876. The molecule has 0 spiro atoms. The molecule has 5 heteroatoms. The minimum Gasteiger partial charge on any atom is -0.490 e. The molecule has 108 valence electrons. The molecule has 1 atom stereocenters. The van der Waals surface area contributed by atoms with Crippen LogP contribution < -0.4 is 9.47 Å². The first-order valence-electron chi connectivity index (χ1n) is 6.34. The maximum Gasteiger partial charge on any atom is 0.175 e. The van der Waals surface area contributed by atoms with E-state index in [4.69, 9.17) is 9.47 Å². The third kappa shape index (κ3) is 4.67. The van der Waals surface area contributed by atoms with Crippen LogP contribution in [0.2, 0.25) is 0 Å². The molecule has 1 aromatic rings. The Morgan fingerprint density at radius 1 is 1.26 bits per heavy atom. The molecule has 0 saturated carbocycles. The topological polar surface area (TPSA) is 58.9 Å². The summed E-state index contributed by atoms with van der Waals surface area (Å²) in [6.07, 6.45) is 0.601. The Labute approximate surface area is 122 Å². The molecule has 0 radical (unpaired) electrons. The van der Waals surface area contributed by atoms with Crippen molar-refractivity contribution >= 4 is 15.9 Å². The fourth-order valence-corrected chi connectivity index (χ4v) is 2.05. The number of hydrogen-bond acceptors (Lipinski definition) is 4. The van der Waals surface area contributed by atoms with Crippen molar-refractivity contribution in [2.75, 3.05) is 13.2 Å². The lowest BCUT2D eigenvalue weighted by Gasteiger charge is -2.23. The standard InChI is InChI=1S/C14H21BrO4/c1-4-14(3,17)9-19-13-11(15)6-10(8-16)7-12(13)18-5-2/h6-7,16-17H,4-5,8-9H2,1-3H3. The summed E-state index contributed by atoms with van der Waals surface area (Å²) < 4.78 is 11.9. The number of hydrogen-bond donors (Lipinski definition) is 2. The van der Waals surface area contributed by atoms with Crippen LogP contribution in [0.5, 0.6) is 11.5 Å². The van der Waals surface area contributed by atoms with Crippen LogP contribution in [0.3, 0.4) is 0 Å². The van der Waals surface area contributed by atoms with E-state index in [1.54, 1.807) is 19.1 Å². The first kappa shape index (κ1) is 16.3. The summed E-state index contributed by atoms with van der Waals surface area (Å²) in [7, 11) is 0. The Morgan fingerprint density at radius 2 is 1.95 bits per heavy atom. The van der Waals surface area contributed by atoms with Gasteiger partial charge in [-0.2, -0.15) is 0 Å². The van der Waals surface area contributed by atoms with Gasteiger partial charge in [-0.1, -0.05) is 6.92 Å². The van der Waals surface area contributed by atoms with Gasteiger partial charge in [-0.05, 0) is 53.9 Å². The maximum absolute atomic E-state index is 9.98. The summed E-state index contributed by atoms with van der Waals surface area (Å²) in [5.74, 6) is 1.11. The smallest absolute Gasteiger partial charge is 0.175 e.